The van der Waals surface area contributed by atoms with Crippen molar-refractivity contribution in [3.63, 3.8) is 0 Å². The summed E-state index contributed by atoms with van der Waals surface area (Å²) in [7, 11) is 0. The number of aromatic amines is 4. The summed E-state index contributed by atoms with van der Waals surface area (Å²) in [5, 5.41) is 0.350. The van der Waals surface area contributed by atoms with Crippen LogP contribution in [0.1, 0.15) is 97.2 Å². The van der Waals surface area contributed by atoms with Crippen LogP contribution in [0.15, 0.2) is 195 Å². The van der Waals surface area contributed by atoms with Gasteiger partial charge in [0.15, 0.2) is 45.7 Å². The van der Waals surface area contributed by atoms with Crippen LogP contribution in [0.4, 0.5) is 17.2 Å². The molecule has 9 aromatic rings. The van der Waals surface area contributed by atoms with E-state index in [1.54, 1.807) is 11.8 Å². The van der Waals surface area contributed by atoms with Crippen LogP contribution < -0.4 is 55.0 Å². The highest BCUT2D eigenvalue weighted by Crippen LogP contribution is 2.37. The molecule has 4 N–H and O–H groups in total. The van der Waals surface area contributed by atoms with Gasteiger partial charge in [0.1, 0.15) is 5.48 Å². The van der Waals surface area contributed by atoms with Gasteiger partial charge in [0.05, 0.1) is 44.5 Å². The van der Waals surface area contributed by atoms with Crippen molar-refractivity contribution in [2.75, 3.05) is 17.2 Å². The van der Waals surface area contributed by atoms with E-state index in [4.69, 9.17) is 0 Å². The molecule has 1 aromatic heterocycles. The van der Waals surface area contributed by atoms with E-state index in [0.29, 0.717) is 60.3 Å². The molecule has 0 saturated heterocycles. The summed E-state index contributed by atoms with van der Waals surface area (Å²) in [5.41, 5.74) is 20.5. The van der Waals surface area contributed by atoms with E-state index in [1.807, 2.05) is 97.7 Å². The van der Waals surface area contributed by atoms with Crippen molar-refractivity contribution in [2.24, 2.45) is 4.99 Å². The zero-order valence-corrected chi connectivity index (χ0v) is 64.9. The third kappa shape index (κ3) is 17.4. The molecule has 0 atom stereocenters. The molecule has 8 aromatic carbocycles. The highest BCUT2D eigenvalue weighted by Gasteiger charge is 2.26. The van der Waals surface area contributed by atoms with E-state index in [1.165, 1.54) is 43.8 Å². The molecule has 8 heterocycles. The molecule has 0 saturated carbocycles. The molecule has 7 aliphatic heterocycles. The number of aromatic nitrogens is 14. The maximum Gasteiger partial charge on any atom is 0.349 e. The molecular weight excluding hydrogens is 1410 g/mol. The minimum Gasteiger partial charge on any atom is -0.322 e. The first-order valence-corrected chi connectivity index (χ1v) is 37.9. The molecule has 0 amide bonds. The Morgan fingerprint density at radius 1 is 0.369 bits per heavy atom. The van der Waals surface area contributed by atoms with E-state index in [-0.39, 0.29) is 22.6 Å². The summed E-state index contributed by atoms with van der Waals surface area (Å²) < 4.78 is 5.86. The summed E-state index contributed by atoms with van der Waals surface area (Å²) in [4.78, 5) is 132. The van der Waals surface area contributed by atoms with Gasteiger partial charge in [-0.1, -0.05) is 114 Å². The number of thioether (sulfide) groups is 1. The fourth-order valence-electron chi connectivity index (χ4n) is 13.8. The number of benzene rings is 8. The van der Waals surface area contributed by atoms with Crippen LogP contribution in [0.2, 0.25) is 0 Å². The Morgan fingerprint density at radius 3 is 1.21 bits per heavy atom. The predicted molar refractivity (Wildman–Crippen MR) is 441 cm³/mol. The summed E-state index contributed by atoms with van der Waals surface area (Å²) in [5.74, 6) is 2.46. The topological polar surface area (TPSA) is 303 Å². The predicted octanol–water partition coefficient (Wildman–Crippen LogP) is 12.4. The smallest absolute Gasteiger partial charge is 0.322 e. The van der Waals surface area contributed by atoms with Crippen LogP contribution >= 0.6 is 11.8 Å². The number of hydrogen-bond acceptors (Lipinski definition) is 17. The molecule has 7 aliphatic rings. The van der Waals surface area contributed by atoms with Crippen molar-refractivity contribution in [3.05, 3.63) is 313 Å². The molecular formula is C87H86N16O7S. The maximum absolute atomic E-state index is 12.4. The summed E-state index contributed by atoms with van der Waals surface area (Å²) in [6.07, 6.45) is 5.28. The molecule has 16 rings (SSSR count). The van der Waals surface area contributed by atoms with Crippen molar-refractivity contribution in [3.8, 4) is 34.6 Å². The molecule has 0 unspecified atom stereocenters. The average molecular weight is 1500 g/mol. The highest BCUT2D eigenvalue weighted by molar-refractivity contribution is 7.99. The van der Waals surface area contributed by atoms with Crippen LogP contribution in [0.3, 0.4) is 0 Å². The molecule has 23 nitrogen and oxygen atoms in total. The number of nitrogens with one attached hydrogen (secondary N) is 4. The average Bonchev–Trinajstić information content (AvgIpc) is 0.775. The summed E-state index contributed by atoms with van der Waals surface area (Å²) in [6, 6.07) is 51.9. The summed E-state index contributed by atoms with van der Waals surface area (Å²) >= 11 is 1.78. The maximum atomic E-state index is 12.4. The van der Waals surface area contributed by atoms with Crippen LogP contribution in [0, 0.1) is 76.2 Å². The van der Waals surface area contributed by atoms with Gasteiger partial charge >= 0.3 is 17.1 Å². The monoisotopic (exact) mass is 1500 g/mol. The Hall–Kier alpha value is -12.7. The number of hydrogen-bond donors (Lipinski definition) is 4. The number of aryl methyl sites for hydroxylation is 17. The van der Waals surface area contributed by atoms with Gasteiger partial charge in [0.2, 0.25) is 0 Å². The molecule has 0 spiro atoms. The summed E-state index contributed by atoms with van der Waals surface area (Å²) in [6.45, 7) is 29.0. The van der Waals surface area contributed by atoms with Crippen LogP contribution in [-0.4, -0.2) is 80.8 Å². The van der Waals surface area contributed by atoms with Crippen molar-refractivity contribution in [1.82, 2.24) is 68.5 Å². The Morgan fingerprint density at radius 2 is 0.775 bits per heavy atom. The van der Waals surface area contributed by atoms with Gasteiger partial charge in [-0.2, -0.15) is 15.0 Å². The fourth-order valence-corrected chi connectivity index (χ4v) is 14.6. The SMILES string of the molecule is C=c1nc2c(c(=O)[nH]1)=Nc1cc(C)c(C)cc1N2CCSc1ccccc1.Cc1ccc(CCCn2c3nc(=O)[nH]c(=O)c-3nc3cc(C)c(C)cc32)cc1.Cc1cccc(CCCn2c3nc(=O)[nH]c(=O)c-3nc3cc(C)c(C)cc32)c1.Cc1cccc(CCCn2c3nc(=O)[nH]c(=O)c-3nc3cc(C)c(C)cc32)c1. The first kappa shape index (κ1) is 76.5. The Labute approximate surface area is 642 Å². The van der Waals surface area contributed by atoms with E-state index in [0.717, 1.165) is 128 Å². The van der Waals surface area contributed by atoms with Crippen molar-refractivity contribution in [1.29, 1.82) is 0 Å². The normalized spacial score (nSPS) is 11.6. The van der Waals surface area contributed by atoms with E-state index in [9.17, 15) is 33.6 Å². The lowest BCUT2D eigenvalue weighted by atomic mass is 10.1. The van der Waals surface area contributed by atoms with Gasteiger partial charge in [-0.05, 0) is 237 Å². The number of rotatable bonds is 16. The molecule has 0 bridgehead atoms. The van der Waals surface area contributed by atoms with Gasteiger partial charge < -0.3 is 23.6 Å². The van der Waals surface area contributed by atoms with Gasteiger partial charge in [0.25, 0.3) is 22.2 Å². The first-order valence-electron chi connectivity index (χ1n) is 37.0. The second-order valence-corrected chi connectivity index (χ2v) is 29.7. The first-order chi connectivity index (χ1) is 53.3. The Balaban J connectivity index is 0.000000130. The third-order valence-electron chi connectivity index (χ3n) is 20.1. The quantitative estimate of drug-likeness (QED) is 0.0516. The number of H-pyrrole nitrogens is 4. The van der Waals surface area contributed by atoms with E-state index in [2.05, 4.69) is 215 Å². The Kier molecular flexibility index (Phi) is 22.8. The molecule has 0 fully saturated rings. The molecule has 0 aliphatic carbocycles. The third-order valence-corrected chi connectivity index (χ3v) is 21.1. The standard InChI is InChI=1S/3C22H22N4O2.C21H20N4OS/c2*1-13-6-4-7-16(10-13)8-5-9-26-18-12-15(3)14(2)11-17(18)23-19-20(26)24-22(28)25-21(19)27;1-13-6-8-16(9-7-13)5-4-10-26-18-12-15(3)14(2)11-17(18)23-19-20(26)24-22(28)25-21(19)27;1-13-11-17-18(12-14(13)2)25(9-10-27-16-7-5-4-6-8-16)20-19(24-17)21(26)23-15(3)22-20/h2*4,6-7,10-12H,5,8-9H2,1-3H3,(H,25,27,28);6-9,11-12H,4-5,10H2,1-3H3,(H,25,27,28);4-8,11-12H,3,9-10H2,1-2H3,(H,23,26). The number of nitrogens with zero attached hydrogens (tertiary/aromatic N) is 12. The van der Waals surface area contributed by atoms with Gasteiger partial charge in [-0.25, -0.2) is 39.3 Å². The lowest BCUT2D eigenvalue weighted by Crippen LogP contribution is -2.43. The minimum absolute atomic E-state index is 0.200. The van der Waals surface area contributed by atoms with Crippen LogP contribution in [0.5, 0.6) is 0 Å². The van der Waals surface area contributed by atoms with Gasteiger partial charge in [0, 0.05) is 36.8 Å². The van der Waals surface area contributed by atoms with Crippen LogP contribution in [-0.2, 0) is 38.9 Å². The second-order valence-electron chi connectivity index (χ2n) is 28.5. The molecule has 562 valence electrons. The molecule has 0 radical (unpaired) electrons. The molecule has 111 heavy (non-hydrogen) atoms. The van der Waals surface area contributed by atoms with Crippen LogP contribution in [0.25, 0.3) is 74.2 Å². The van der Waals surface area contributed by atoms with E-state index < -0.39 is 33.7 Å². The lowest BCUT2D eigenvalue weighted by molar-refractivity contribution is 0.648. The fraction of sp³-hybridized carbons (Fsp3) is 0.253. The Bertz CT molecular complexity index is 6340. The van der Waals surface area contributed by atoms with Crippen molar-refractivity contribution >= 4 is 68.6 Å². The lowest BCUT2D eigenvalue weighted by Gasteiger charge is -2.28. The minimum atomic E-state index is -0.644. The number of fused-ring (bicyclic) bond motifs is 8. The van der Waals surface area contributed by atoms with Crippen molar-refractivity contribution in [2.45, 2.75) is 139 Å². The largest absolute Gasteiger partial charge is 0.349 e. The zero-order chi connectivity index (χ0) is 78.5. The second kappa shape index (κ2) is 33.0. The van der Waals surface area contributed by atoms with Gasteiger partial charge in [-0.15, -0.1) is 11.8 Å². The zero-order valence-electron chi connectivity index (χ0n) is 64.1. The highest BCUT2D eigenvalue weighted by atomic mass is 32.2. The molecule has 24 heteroatoms. The number of anilines is 2. The van der Waals surface area contributed by atoms with E-state index >= 15 is 0 Å². The van der Waals surface area contributed by atoms with Crippen molar-refractivity contribution < 1.29 is 0 Å². The van der Waals surface area contributed by atoms with Gasteiger partial charge in [-0.3, -0.25) is 34.1 Å².